The highest BCUT2D eigenvalue weighted by Gasteiger charge is 2.33. The van der Waals surface area contributed by atoms with Crippen molar-refractivity contribution in [2.45, 2.75) is 51.0 Å². The predicted octanol–water partition coefficient (Wildman–Crippen LogP) is 2.09. The van der Waals surface area contributed by atoms with Crippen LogP contribution in [0.25, 0.3) is 0 Å². The van der Waals surface area contributed by atoms with Crippen molar-refractivity contribution in [3.05, 3.63) is 12.2 Å². The number of hydroxylamine groups is 2. The highest BCUT2D eigenvalue weighted by atomic mass is 16.8. The van der Waals surface area contributed by atoms with Crippen LogP contribution in [-0.4, -0.2) is 29.1 Å². The minimum absolute atomic E-state index is 0.0837. The van der Waals surface area contributed by atoms with Gasteiger partial charge in [-0.2, -0.15) is 0 Å². The third-order valence-electron chi connectivity index (χ3n) is 3.15. The second-order valence-electron chi connectivity index (χ2n) is 4.64. The van der Waals surface area contributed by atoms with E-state index < -0.39 is 18.0 Å². The van der Waals surface area contributed by atoms with Crippen LogP contribution in [0.2, 0.25) is 0 Å². The van der Waals surface area contributed by atoms with Crippen LogP contribution in [0.5, 0.6) is 0 Å². The highest BCUT2D eigenvalue weighted by molar-refractivity contribution is 6.01. The van der Waals surface area contributed by atoms with Gasteiger partial charge in [-0.05, 0) is 32.1 Å². The van der Waals surface area contributed by atoms with Crippen molar-refractivity contribution in [1.82, 2.24) is 5.06 Å². The maximum atomic E-state index is 11.5. The maximum Gasteiger partial charge on any atom is 0.534 e. The maximum absolute atomic E-state index is 11.5. The first-order valence-corrected chi connectivity index (χ1v) is 6.56. The Morgan fingerprint density at radius 3 is 2.53 bits per heavy atom. The van der Waals surface area contributed by atoms with E-state index in [0.717, 1.165) is 32.1 Å². The molecule has 6 heteroatoms. The van der Waals surface area contributed by atoms with Crippen molar-refractivity contribution in [1.29, 1.82) is 0 Å². The van der Waals surface area contributed by atoms with E-state index in [1.807, 2.05) is 0 Å². The fourth-order valence-electron chi connectivity index (χ4n) is 2.13. The zero-order valence-electron chi connectivity index (χ0n) is 10.7. The average molecular weight is 267 g/mol. The Morgan fingerprint density at radius 2 is 1.79 bits per heavy atom. The lowest BCUT2D eigenvalue weighted by Gasteiger charge is -2.19. The topological polar surface area (TPSA) is 72.9 Å². The molecule has 2 amide bonds. The summed E-state index contributed by atoms with van der Waals surface area (Å²) in [6.45, 7) is 0. The number of amides is 2. The number of carbonyl (C=O) groups is 3. The molecule has 0 saturated carbocycles. The van der Waals surface area contributed by atoms with Gasteiger partial charge in [0.15, 0.2) is 0 Å². The Morgan fingerprint density at radius 1 is 1.11 bits per heavy atom. The number of imide groups is 1. The number of carbonyl (C=O) groups excluding carboxylic acids is 3. The van der Waals surface area contributed by atoms with Gasteiger partial charge in [0.25, 0.3) is 11.8 Å². The smallest absolute Gasteiger partial charge is 0.429 e. The Bertz CT molecular complexity index is 388. The molecule has 1 atom stereocenters. The molecule has 0 radical (unpaired) electrons. The largest absolute Gasteiger partial charge is 0.534 e. The van der Waals surface area contributed by atoms with E-state index in [9.17, 15) is 14.4 Å². The Labute approximate surface area is 111 Å². The molecule has 0 N–H and O–H groups in total. The minimum atomic E-state index is -0.974. The summed E-state index contributed by atoms with van der Waals surface area (Å²) >= 11 is 0. The van der Waals surface area contributed by atoms with E-state index in [2.05, 4.69) is 17.0 Å². The van der Waals surface area contributed by atoms with Gasteiger partial charge < -0.3 is 4.74 Å². The second-order valence-corrected chi connectivity index (χ2v) is 4.64. The molecule has 2 rings (SSSR count). The summed E-state index contributed by atoms with van der Waals surface area (Å²) in [6, 6.07) is 0. The molecule has 2 aliphatic rings. The summed E-state index contributed by atoms with van der Waals surface area (Å²) < 4.78 is 5.14. The molecule has 0 bridgehead atoms. The first-order valence-electron chi connectivity index (χ1n) is 6.56. The van der Waals surface area contributed by atoms with Crippen LogP contribution in [0.15, 0.2) is 12.2 Å². The van der Waals surface area contributed by atoms with Gasteiger partial charge in [-0.3, -0.25) is 14.4 Å². The Hall–Kier alpha value is -1.85. The number of nitrogens with zero attached hydrogens (tertiary/aromatic N) is 1. The lowest BCUT2D eigenvalue weighted by molar-refractivity contribution is -0.178. The van der Waals surface area contributed by atoms with Crippen molar-refractivity contribution in [2.24, 2.45) is 0 Å². The molecule has 0 aromatic heterocycles. The van der Waals surface area contributed by atoms with E-state index in [1.165, 1.54) is 0 Å². The van der Waals surface area contributed by atoms with Gasteiger partial charge in [0.2, 0.25) is 0 Å². The fraction of sp³-hybridized carbons (Fsp3) is 0.615. The zero-order valence-corrected chi connectivity index (χ0v) is 10.7. The van der Waals surface area contributed by atoms with Crippen molar-refractivity contribution < 1.29 is 24.0 Å². The minimum Gasteiger partial charge on any atom is -0.429 e. The zero-order chi connectivity index (χ0) is 13.7. The van der Waals surface area contributed by atoms with Gasteiger partial charge in [-0.15, -0.1) is 0 Å². The lowest BCUT2D eigenvalue weighted by Crippen LogP contribution is -2.33. The molecule has 1 fully saturated rings. The highest BCUT2D eigenvalue weighted by Crippen LogP contribution is 2.18. The van der Waals surface area contributed by atoms with Crippen LogP contribution in [0, 0.1) is 0 Å². The quantitative estimate of drug-likeness (QED) is 0.435. The second kappa shape index (κ2) is 6.36. The number of hydrogen-bond acceptors (Lipinski definition) is 5. The van der Waals surface area contributed by atoms with Crippen LogP contribution in [-0.2, 0) is 19.2 Å². The van der Waals surface area contributed by atoms with Crippen molar-refractivity contribution in [3.63, 3.8) is 0 Å². The summed E-state index contributed by atoms with van der Waals surface area (Å²) in [7, 11) is 0. The molecule has 6 nitrogen and oxygen atoms in total. The van der Waals surface area contributed by atoms with Gasteiger partial charge in [-0.25, -0.2) is 4.79 Å². The van der Waals surface area contributed by atoms with Crippen molar-refractivity contribution in [3.8, 4) is 0 Å². The molecule has 0 spiro atoms. The van der Waals surface area contributed by atoms with Crippen LogP contribution in [0.1, 0.15) is 44.9 Å². The van der Waals surface area contributed by atoms with Gasteiger partial charge >= 0.3 is 6.16 Å². The van der Waals surface area contributed by atoms with E-state index in [1.54, 1.807) is 0 Å². The van der Waals surface area contributed by atoms with Crippen LogP contribution >= 0.6 is 0 Å². The first-order chi connectivity index (χ1) is 9.16. The molecule has 1 aliphatic heterocycles. The third kappa shape index (κ3) is 3.81. The van der Waals surface area contributed by atoms with E-state index >= 15 is 0 Å². The molecule has 0 aromatic carbocycles. The SMILES string of the molecule is O=C(O[C@@H]1CCC=CCCC1)ON1C(=O)CCC1=O. The van der Waals surface area contributed by atoms with E-state index in [-0.39, 0.29) is 18.9 Å². The molecular formula is C13H17NO5. The van der Waals surface area contributed by atoms with E-state index in [4.69, 9.17) is 4.74 Å². The standard InChI is InChI=1S/C13H17NO5/c15-11-8-9-12(16)14(11)19-13(17)18-10-6-4-2-1-3-5-7-10/h1-2,10H,3-9H2/t10-/m1/s1. The van der Waals surface area contributed by atoms with Crippen LogP contribution in [0.3, 0.4) is 0 Å². The summed E-state index contributed by atoms with van der Waals surface area (Å²) in [5.74, 6) is -0.995. The molecule has 104 valence electrons. The number of rotatable bonds is 2. The molecule has 0 unspecified atom stereocenters. The fourth-order valence-corrected chi connectivity index (χ4v) is 2.13. The molecule has 1 aliphatic carbocycles. The van der Waals surface area contributed by atoms with Crippen molar-refractivity contribution in [2.75, 3.05) is 0 Å². The van der Waals surface area contributed by atoms with Crippen LogP contribution < -0.4 is 0 Å². The molecular weight excluding hydrogens is 250 g/mol. The first kappa shape index (κ1) is 13.6. The third-order valence-corrected chi connectivity index (χ3v) is 3.15. The average Bonchev–Trinajstić information content (AvgIpc) is 2.64. The predicted molar refractivity (Wildman–Crippen MR) is 64.7 cm³/mol. The van der Waals surface area contributed by atoms with Crippen LogP contribution in [0.4, 0.5) is 4.79 Å². The van der Waals surface area contributed by atoms with Crippen molar-refractivity contribution >= 4 is 18.0 Å². The lowest BCUT2D eigenvalue weighted by atomic mass is 10.0. The number of allylic oxidation sites excluding steroid dienone is 2. The van der Waals surface area contributed by atoms with Gasteiger partial charge in [0.05, 0.1) is 0 Å². The summed E-state index contributed by atoms with van der Waals surface area (Å²) in [4.78, 5) is 38.8. The van der Waals surface area contributed by atoms with E-state index in [0.29, 0.717) is 5.06 Å². The molecule has 0 aromatic rings. The van der Waals surface area contributed by atoms with Gasteiger partial charge in [0, 0.05) is 12.8 Å². The summed E-state index contributed by atoms with van der Waals surface area (Å²) in [5, 5.41) is 0.505. The summed E-state index contributed by atoms with van der Waals surface area (Å²) in [5.41, 5.74) is 0. The molecule has 1 heterocycles. The monoisotopic (exact) mass is 267 g/mol. The van der Waals surface area contributed by atoms with Gasteiger partial charge in [-0.1, -0.05) is 17.2 Å². The Balaban J connectivity index is 1.81. The normalized spacial score (nSPS) is 24.0. The van der Waals surface area contributed by atoms with Gasteiger partial charge in [0.1, 0.15) is 6.10 Å². The number of hydrogen-bond donors (Lipinski definition) is 0. The molecule has 19 heavy (non-hydrogen) atoms. The number of ether oxygens (including phenoxy) is 1. The Kier molecular flexibility index (Phi) is 4.54. The molecule has 1 saturated heterocycles. The summed E-state index contributed by atoms with van der Waals surface area (Å²) in [6.07, 6.45) is 7.41.